The molecule has 1 atom stereocenters. The number of nitrogens with zero attached hydrogens (tertiary/aromatic N) is 5. The molecule has 154 valence electrons. The van der Waals surface area contributed by atoms with Crippen molar-refractivity contribution in [1.29, 1.82) is 0 Å². The van der Waals surface area contributed by atoms with Crippen molar-refractivity contribution >= 4 is 11.8 Å². The third kappa shape index (κ3) is 3.41. The van der Waals surface area contributed by atoms with Crippen LogP contribution in [0.1, 0.15) is 24.2 Å². The normalized spacial score (nSPS) is 19.8. The van der Waals surface area contributed by atoms with Crippen molar-refractivity contribution in [3.63, 3.8) is 0 Å². The van der Waals surface area contributed by atoms with Gasteiger partial charge in [0, 0.05) is 23.5 Å². The van der Waals surface area contributed by atoms with Crippen molar-refractivity contribution in [2.24, 2.45) is 5.73 Å². The monoisotopic (exact) mass is 408 g/mol. The van der Waals surface area contributed by atoms with Crippen molar-refractivity contribution in [2.45, 2.75) is 38.0 Å². The Morgan fingerprint density at radius 2 is 2.13 bits per heavy atom. The second-order valence-electron chi connectivity index (χ2n) is 7.95. The molecule has 2 aliphatic rings. The van der Waals surface area contributed by atoms with Gasteiger partial charge in [-0.05, 0) is 44.0 Å². The standard InChI is InChI=1S/C21H21FN6O2/c1-13-10-27(26-25-13)11-16-12-28(20(29)30-16)15-3-4-17(18(22)8-15)14-2-5-19(24-9-14)21(23)6-7-21/h2-5,8-10,16H,6-7,11-12,23H2,1H3. The molecule has 1 saturated carbocycles. The number of hydrogen-bond donors (Lipinski definition) is 1. The summed E-state index contributed by atoms with van der Waals surface area (Å²) in [5.41, 5.74) is 8.98. The second kappa shape index (κ2) is 6.88. The predicted molar refractivity (Wildman–Crippen MR) is 107 cm³/mol. The summed E-state index contributed by atoms with van der Waals surface area (Å²) in [7, 11) is 0. The van der Waals surface area contributed by atoms with E-state index in [1.54, 1.807) is 29.2 Å². The fourth-order valence-corrected chi connectivity index (χ4v) is 3.67. The lowest BCUT2D eigenvalue weighted by atomic mass is 10.0. The predicted octanol–water partition coefficient (Wildman–Crippen LogP) is 2.76. The van der Waals surface area contributed by atoms with E-state index in [9.17, 15) is 9.18 Å². The number of carbonyl (C=O) groups is 1. The quantitative estimate of drug-likeness (QED) is 0.697. The molecule has 3 heterocycles. The van der Waals surface area contributed by atoms with E-state index < -0.39 is 11.9 Å². The Balaban J connectivity index is 1.32. The van der Waals surface area contributed by atoms with Crippen LogP contribution in [0, 0.1) is 12.7 Å². The molecule has 2 N–H and O–H groups in total. The van der Waals surface area contributed by atoms with Crippen LogP contribution in [0.25, 0.3) is 11.1 Å². The zero-order valence-electron chi connectivity index (χ0n) is 16.5. The Hall–Kier alpha value is -3.33. The van der Waals surface area contributed by atoms with Gasteiger partial charge in [0.25, 0.3) is 0 Å². The smallest absolute Gasteiger partial charge is 0.414 e. The number of aromatic nitrogens is 4. The summed E-state index contributed by atoms with van der Waals surface area (Å²) in [6, 6.07) is 8.38. The van der Waals surface area contributed by atoms with E-state index in [1.807, 2.05) is 19.1 Å². The Morgan fingerprint density at radius 3 is 2.77 bits per heavy atom. The average Bonchev–Trinajstić information content (AvgIpc) is 3.18. The van der Waals surface area contributed by atoms with Gasteiger partial charge in [-0.2, -0.15) is 0 Å². The van der Waals surface area contributed by atoms with Gasteiger partial charge in [0.1, 0.15) is 11.9 Å². The van der Waals surface area contributed by atoms with Gasteiger partial charge in [-0.3, -0.25) is 9.88 Å². The number of anilines is 1. The molecule has 3 aromatic rings. The van der Waals surface area contributed by atoms with Crippen molar-refractivity contribution in [1.82, 2.24) is 20.0 Å². The molecule has 0 bridgehead atoms. The van der Waals surface area contributed by atoms with E-state index in [2.05, 4.69) is 15.3 Å². The Kier molecular flexibility index (Phi) is 4.28. The topological polar surface area (TPSA) is 99.2 Å². The molecule has 1 amide bonds. The van der Waals surface area contributed by atoms with Crippen molar-refractivity contribution in [3.8, 4) is 11.1 Å². The molecular weight excluding hydrogens is 387 g/mol. The van der Waals surface area contributed by atoms with Crippen LogP contribution >= 0.6 is 0 Å². The number of cyclic esters (lactones) is 1. The summed E-state index contributed by atoms with van der Waals surface area (Å²) in [6.45, 7) is 2.54. The molecule has 2 aromatic heterocycles. The lowest BCUT2D eigenvalue weighted by Crippen LogP contribution is -2.26. The van der Waals surface area contributed by atoms with E-state index in [-0.39, 0.29) is 11.6 Å². The van der Waals surface area contributed by atoms with Crippen LogP contribution in [0.4, 0.5) is 14.9 Å². The van der Waals surface area contributed by atoms with Crippen LogP contribution in [0.15, 0.2) is 42.7 Å². The Bertz CT molecular complexity index is 1110. The molecule has 30 heavy (non-hydrogen) atoms. The van der Waals surface area contributed by atoms with E-state index >= 15 is 0 Å². The van der Waals surface area contributed by atoms with Crippen molar-refractivity contribution < 1.29 is 13.9 Å². The minimum atomic E-state index is -0.507. The number of halogens is 1. The van der Waals surface area contributed by atoms with Crippen LogP contribution in [0.5, 0.6) is 0 Å². The third-order valence-corrected chi connectivity index (χ3v) is 5.56. The lowest BCUT2D eigenvalue weighted by Gasteiger charge is -2.15. The first-order chi connectivity index (χ1) is 14.4. The highest BCUT2D eigenvalue weighted by molar-refractivity contribution is 5.90. The van der Waals surface area contributed by atoms with Crippen LogP contribution in [-0.2, 0) is 16.8 Å². The highest BCUT2D eigenvalue weighted by Crippen LogP contribution is 2.42. The van der Waals surface area contributed by atoms with Gasteiger partial charge in [0.2, 0.25) is 0 Å². The largest absolute Gasteiger partial charge is 0.442 e. The minimum absolute atomic E-state index is 0.311. The Labute approximate surface area is 172 Å². The number of rotatable bonds is 5. The van der Waals surface area contributed by atoms with E-state index in [4.69, 9.17) is 10.5 Å². The second-order valence-corrected chi connectivity index (χ2v) is 7.95. The van der Waals surface area contributed by atoms with Crippen molar-refractivity contribution in [2.75, 3.05) is 11.4 Å². The molecule has 1 aromatic carbocycles. The van der Waals surface area contributed by atoms with Crippen LogP contribution in [0.3, 0.4) is 0 Å². The molecule has 8 nitrogen and oxygen atoms in total. The Morgan fingerprint density at radius 1 is 1.30 bits per heavy atom. The van der Waals surface area contributed by atoms with Gasteiger partial charge in [-0.15, -0.1) is 5.10 Å². The highest BCUT2D eigenvalue weighted by atomic mass is 19.1. The molecule has 1 aliphatic heterocycles. The molecule has 5 rings (SSSR count). The maximum absolute atomic E-state index is 14.9. The number of benzene rings is 1. The maximum Gasteiger partial charge on any atom is 0.414 e. The molecule has 0 spiro atoms. The summed E-state index contributed by atoms with van der Waals surface area (Å²) < 4.78 is 21.9. The van der Waals surface area contributed by atoms with E-state index in [1.165, 1.54) is 11.0 Å². The molecule has 1 saturated heterocycles. The van der Waals surface area contributed by atoms with Crippen molar-refractivity contribution in [3.05, 3.63) is 59.9 Å². The fourth-order valence-electron chi connectivity index (χ4n) is 3.67. The molecule has 9 heteroatoms. The third-order valence-electron chi connectivity index (χ3n) is 5.56. The number of carbonyl (C=O) groups excluding carboxylic acids is 1. The zero-order valence-corrected chi connectivity index (χ0v) is 16.5. The van der Waals surface area contributed by atoms with Gasteiger partial charge < -0.3 is 10.5 Å². The number of amides is 1. The number of nitrogens with two attached hydrogens (primary N) is 1. The number of aryl methyl sites for hydroxylation is 1. The number of hydrogen-bond acceptors (Lipinski definition) is 6. The lowest BCUT2D eigenvalue weighted by molar-refractivity contribution is 0.129. The summed E-state index contributed by atoms with van der Waals surface area (Å²) in [6.07, 6.45) is 4.37. The van der Waals surface area contributed by atoms with E-state index in [0.29, 0.717) is 29.9 Å². The van der Waals surface area contributed by atoms with Gasteiger partial charge in [0.05, 0.1) is 35.7 Å². The molecular formula is C21H21FN6O2. The molecule has 2 fully saturated rings. The minimum Gasteiger partial charge on any atom is -0.442 e. The first-order valence-electron chi connectivity index (χ1n) is 9.81. The summed E-state index contributed by atoms with van der Waals surface area (Å²) in [5, 5.41) is 7.89. The van der Waals surface area contributed by atoms with Gasteiger partial charge in [0.15, 0.2) is 0 Å². The van der Waals surface area contributed by atoms with Crippen LogP contribution in [0.2, 0.25) is 0 Å². The summed E-state index contributed by atoms with van der Waals surface area (Å²) in [4.78, 5) is 18.1. The first kappa shape index (κ1) is 18.7. The van der Waals surface area contributed by atoms with Gasteiger partial charge in [-0.25, -0.2) is 13.9 Å². The first-order valence-corrected chi connectivity index (χ1v) is 9.81. The zero-order chi connectivity index (χ0) is 20.9. The maximum atomic E-state index is 14.9. The summed E-state index contributed by atoms with van der Waals surface area (Å²) >= 11 is 0. The van der Waals surface area contributed by atoms with Gasteiger partial charge >= 0.3 is 6.09 Å². The van der Waals surface area contributed by atoms with Gasteiger partial charge in [-0.1, -0.05) is 11.3 Å². The number of ether oxygens (including phenoxy) is 1. The molecule has 0 radical (unpaired) electrons. The molecule has 1 aliphatic carbocycles. The van der Waals surface area contributed by atoms with Crippen LogP contribution in [-0.4, -0.2) is 38.7 Å². The fraction of sp³-hybridized carbons (Fsp3) is 0.333. The SMILES string of the molecule is Cc1cn(CC2CN(c3ccc(-c4ccc(C5(N)CC5)nc4)c(F)c3)C(=O)O2)nn1. The highest BCUT2D eigenvalue weighted by Gasteiger charge is 2.41. The summed E-state index contributed by atoms with van der Waals surface area (Å²) in [5.74, 6) is -0.431. The van der Waals surface area contributed by atoms with E-state index in [0.717, 1.165) is 24.2 Å². The van der Waals surface area contributed by atoms with Crippen LogP contribution < -0.4 is 10.6 Å². The average molecular weight is 408 g/mol. The molecule has 1 unspecified atom stereocenters. The number of pyridine rings is 1.